The first-order chi connectivity index (χ1) is 9.08. The van der Waals surface area contributed by atoms with Gasteiger partial charge in [-0.05, 0) is 30.3 Å². The highest BCUT2D eigenvalue weighted by molar-refractivity contribution is 9.10. The molecule has 0 unspecified atom stereocenters. The van der Waals surface area contributed by atoms with Gasteiger partial charge in [0.05, 0.1) is 0 Å². The van der Waals surface area contributed by atoms with E-state index in [1.165, 1.54) is 0 Å². The van der Waals surface area contributed by atoms with Gasteiger partial charge < -0.3 is 5.32 Å². The van der Waals surface area contributed by atoms with Crippen LogP contribution in [0.4, 0.5) is 5.69 Å². The fourth-order valence-electron chi connectivity index (χ4n) is 1.58. The molecule has 0 atom stereocenters. The van der Waals surface area contributed by atoms with Gasteiger partial charge in [0.1, 0.15) is 6.29 Å². The number of carbonyl (C=O) groups is 2. The molecule has 0 fully saturated rings. The average molecular weight is 339 g/mol. The maximum Gasteiger partial charge on any atom is 0.255 e. The Morgan fingerprint density at radius 1 is 1.21 bits per heavy atom. The smallest absolute Gasteiger partial charge is 0.255 e. The van der Waals surface area contributed by atoms with Gasteiger partial charge in [0.25, 0.3) is 5.91 Å². The van der Waals surface area contributed by atoms with Gasteiger partial charge in [-0.25, -0.2) is 0 Å². The Kier molecular flexibility index (Phi) is 4.35. The van der Waals surface area contributed by atoms with Crippen LogP contribution in [-0.2, 0) is 0 Å². The van der Waals surface area contributed by atoms with E-state index in [2.05, 4.69) is 21.2 Å². The lowest BCUT2D eigenvalue weighted by Crippen LogP contribution is -2.12. The van der Waals surface area contributed by atoms with Crippen molar-refractivity contribution in [2.24, 2.45) is 0 Å². The standard InChI is InChI=1S/C14H9BrClNO2/c15-11-5-10(6-12(16)7-11)14(19)17-13-3-1-2-9(4-13)8-18/h1-8H,(H,17,19). The summed E-state index contributed by atoms with van der Waals surface area (Å²) in [5.74, 6) is -0.286. The van der Waals surface area contributed by atoms with Crippen LogP contribution in [0.2, 0.25) is 5.02 Å². The van der Waals surface area contributed by atoms with Crippen LogP contribution in [0.1, 0.15) is 20.7 Å². The number of carbonyl (C=O) groups excluding carboxylic acids is 2. The molecule has 0 aromatic heterocycles. The van der Waals surface area contributed by atoms with Crippen LogP contribution >= 0.6 is 27.5 Å². The first-order valence-corrected chi connectivity index (χ1v) is 6.58. The molecule has 0 radical (unpaired) electrons. The first-order valence-electron chi connectivity index (χ1n) is 5.41. The van der Waals surface area contributed by atoms with Gasteiger partial charge in [0.2, 0.25) is 0 Å². The number of amides is 1. The lowest BCUT2D eigenvalue weighted by molar-refractivity contribution is 0.102. The zero-order valence-corrected chi connectivity index (χ0v) is 12.0. The molecule has 0 aliphatic rings. The Morgan fingerprint density at radius 3 is 2.68 bits per heavy atom. The minimum Gasteiger partial charge on any atom is -0.322 e. The van der Waals surface area contributed by atoms with Gasteiger partial charge in [-0.15, -0.1) is 0 Å². The first kappa shape index (κ1) is 13.8. The van der Waals surface area contributed by atoms with E-state index in [1.807, 2.05) is 0 Å². The molecule has 2 aromatic rings. The van der Waals surface area contributed by atoms with E-state index in [-0.39, 0.29) is 5.91 Å². The van der Waals surface area contributed by atoms with Crippen molar-refractivity contribution in [2.45, 2.75) is 0 Å². The number of rotatable bonds is 3. The summed E-state index contributed by atoms with van der Waals surface area (Å²) in [6.07, 6.45) is 0.728. The lowest BCUT2D eigenvalue weighted by atomic mass is 10.2. The van der Waals surface area contributed by atoms with Crippen molar-refractivity contribution in [1.82, 2.24) is 0 Å². The summed E-state index contributed by atoms with van der Waals surface area (Å²) in [5.41, 5.74) is 1.51. The van der Waals surface area contributed by atoms with E-state index in [0.29, 0.717) is 21.8 Å². The molecule has 0 saturated heterocycles. The Labute approximate surface area is 123 Å². The largest absolute Gasteiger partial charge is 0.322 e. The van der Waals surface area contributed by atoms with E-state index < -0.39 is 0 Å². The van der Waals surface area contributed by atoms with E-state index in [4.69, 9.17) is 11.6 Å². The third kappa shape index (κ3) is 3.66. The predicted molar refractivity (Wildman–Crippen MR) is 78.9 cm³/mol. The molecule has 5 heteroatoms. The SMILES string of the molecule is O=Cc1cccc(NC(=O)c2cc(Cl)cc(Br)c2)c1. The molecule has 1 N–H and O–H groups in total. The summed E-state index contributed by atoms with van der Waals surface area (Å²) in [6.45, 7) is 0. The minimum absolute atomic E-state index is 0.286. The summed E-state index contributed by atoms with van der Waals surface area (Å²) in [7, 11) is 0. The van der Waals surface area contributed by atoms with E-state index in [0.717, 1.165) is 10.8 Å². The highest BCUT2D eigenvalue weighted by atomic mass is 79.9. The van der Waals surface area contributed by atoms with Gasteiger partial charge >= 0.3 is 0 Å². The fourth-order valence-corrected chi connectivity index (χ4v) is 2.44. The van der Waals surface area contributed by atoms with Crippen LogP contribution in [0.3, 0.4) is 0 Å². The van der Waals surface area contributed by atoms with E-state index in [9.17, 15) is 9.59 Å². The second kappa shape index (κ2) is 5.99. The normalized spacial score (nSPS) is 10.0. The Morgan fingerprint density at radius 2 is 2.00 bits per heavy atom. The maximum atomic E-state index is 12.0. The third-order valence-electron chi connectivity index (χ3n) is 2.41. The predicted octanol–water partition coefficient (Wildman–Crippen LogP) is 4.17. The lowest BCUT2D eigenvalue weighted by Gasteiger charge is -2.06. The molecule has 1 amide bonds. The molecular formula is C14H9BrClNO2. The summed E-state index contributed by atoms with van der Waals surface area (Å²) in [4.78, 5) is 22.7. The fraction of sp³-hybridized carbons (Fsp3) is 0. The van der Waals surface area contributed by atoms with Gasteiger partial charge in [-0.3, -0.25) is 9.59 Å². The summed E-state index contributed by atoms with van der Waals surface area (Å²) >= 11 is 9.17. The van der Waals surface area contributed by atoms with Crippen molar-refractivity contribution < 1.29 is 9.59 Å². The number of nitrogens with one attached hydrogen (secondary N) is 1. The molecule has 0 heterocycles. The Balaban J connectivity index is 2.22. The molecule has 0 aliphatic heterocycles. The highest BCUT2D eigenvalue weighted by Gasteiger charge is 2.08. The van der Waals surface area contributed by atoms with Crippen LogP contribution < -0.4 is 5.32 Å². The van der Waals surface area contributed by atoms with E-state index in [1.54, 1.807) is 42.5 Å². The second-order valence-electron chi connectivity index (χ2n) is 3.86. The van der Waals surface area contributed by atoms with Crippen molar-refractivity contribution in [2.75, 3.05) is 5.32 Å². The molecule has 3 nitrogen and oxygen atoms in total. The van der Waals surface area contributed by atoms with Gasteiger partial charge in [0, 0.05) is 26.3 Å². The molecule has 96 valence electrons. The number of aldehydes is 1. The van der Waals surface area contributed by atoms with Gasteiger partial charge in [0.15, 0.2) is 0 Å². The molecule has 0 spiro atoms. The molecule has 19 heavy (non-hydrogen) atoms. The number of hydrogen-bond acceptors (Lipinski definition) is 2. The maximum absolute atomic E-state index is 12.0. The molecule has 2 rings (SSSR count). The molecule has 2 aromatic carbocycles. The van der Waals surface area contributed by atoms with Crippen molar-refractivity contribution in [3.63, 3.8) is 0 Å². The van der Waals surface area contributed by atoms with Crippen molar-refractivity contribution in [1.29, 1.82) is 0 Å². The monoisotopic (exact) mass is 337 g/mol. The average Bonchev–Trinajstić information content (AvgIpc) is 2.37. The minimum atomic E-state index is -0.286. The summed E-state index contributed by atoms with van der Waals surface area (Å²) in [5, 5.41) is 3.18. The molecule has 0 aliphatic carbocycles. The van der Waals surface area contributed by atoms with Crippen molar-refractivity contribution >= 4 is 45.4 Å². The van der Waals surface area contributed by atoms with Gasteiger partial charge in [-0.1, -0.05) is 39.7 Å². The molecule has 0 bridgehead atoms. The van der Waals surface area contributed by atoms with Crippen LogP contribution in [0, 0.1) is 0 Å². The number of benzene rings is 2. The topological polar surface area (TPSA) is 46.2 Å². The molecular weight excluding hydrogens is 330 g/mol. The Hall–Kier alpha value is -1.65. The zero-order valence-electron chi connectivity index (χ0n) is 9.69. The number of halogens is 2. The number of hydrogen-bond donors (Lipinski definition) is 1. The Bertz CT molecular complexity index is 623. The van der Waals surface area contributed by atoms with Crippen LogP contribution in [0.25, 0.3) is 0 Å². The van der Waals surface area contributed by atoms with Crippen LogP contribution in [0.15, 0.2) is 46.9 Å². The van der Waals surface area contributed by atoms with Crippen molar-refractivity contribution in [3.8, 4) is 0 Å². The van der Waals surface area contributed by atoms with Gasteiger partial charge in [-0.2, -0.15) is 0 Å². The quantitative estimate of drug-likeness (QED) is 0.854. The molecule has 0 saturated carbocycles. The van der Waals surface area contributed by atoms with E-state index >= 15 is 0 Å². The third-order valence-corrected chi connectivity index (χ3v) is 3.08. The highest BCUT2D eigenvalue weighted by Crippen LogP contribution is 2.20. The van der Waals surface area contributed by atoms with Crippen LogP contribution in [-0.4, -0.2) is 12.2 Å². The zero-order chi connectivity index (χ0) is 13.8. The number of anilines is 1. The summed E-state index contributed by atoms with van der Waals surface area (Å²) < 4.78 is 0.729. The van der Waals surface area contributed by atoms with Crippen molar-refractivity contribution in [3.05, 3.63) is 63.1 Å². The van der Waals surface area contributed by atoms with Crippen LogP contribution in [0.5, 0.6) is 0 Å². The second-order valence-corrected chi connectivity index (χ2v) is 5.21. The summed E-state index contributed by atoms with van der Waals surface area (Å²) in [6, 6.07) is 11.6.